The van der Waals surface area contributed by atoms with E-state index in [9.17, 15) is 4.79 Å². The van der Waals surface area contributed by atoms with Gasteiger partial charge in [0.05, 0.1) is 34.8 Å². The smallest absolute Gasteiger partial charge is 0.322 e. The van der Waals surface area contributed by atoms with Crippen LogP contribution in [0.4, 0.5) is 10.5 Å². The van der Waals surface area contributed by atoms with Crippen LogP contribution in [-0.4, -0.2) is 43.6 Å². The third-order valence-corrected chi connectivity index (χ3v) is 4.88. The van der Waals surface area contributed by atoms with Crippen LogP contribution in [0.25, 0.3) is 5.69 Å². The lowest BCUT2D eigenvalue weighted by Gasteiger charge is -2.16. The second-order valence-electron chi connectivity index (χ2n) is 6.07. The van der Waals surface area contributed by atoms with Crippen LogP contribution < -0.4 is 5.32 Å². The molecule has 0 saturated carbocycles. The summed E-state index contributed by atoms with van der Waals surface area (Å²) in [7, 11) is 0. The van der Waals surface area contributed by atoms with Crippen LogP contribution in [0.1, 0.15) is 12.5 Å². The van der Waals surface area contributed by atoms with Gasteiger partial charge in [0.25, 0.3) is 0 Å². The van der Waals surface area contributed by atoms with Gasteiger partial charge in [0.1, 0.15) is 0 Å². The molecule has 1 atom stereocenters. The van der Waals surface area contributed by atoms with Crippen LogP contribution in [0.15, 0.2) is 49.1 Å². The average molecular weight is 391 g/mol. The molecule has 134 valence electrons. The van der Waals surface area contributed by atoms with Gasteiger partial charge < -0.3 is 10.2 Å². The third kappa shape index (κ3) is 3.40. The van der Waals surface area contributed by atoms with E-state index < -0.39 is 0 Å². The largest absolute Gasteiger partial charge is 0.322 e. The monoisotopic (exact) mass is 390 g/mol. The molecule has 0 aliphatic carbocycles. The molecule has 3 aromatic rings. The zero-order valence-corrected chi connectivity index (χ0v) is 15.2. The van der Waals surface area contributed by atoms with E-state index in [-0.39, 0.29) is 12.1 Å². The Bertz CT molecular complexity index is 923. The highest BCUT2D eigenvalue weighted by atomic mass is 35.5. The second-order valence-corrected chi connectivity index (χ2v) is 6.92. The Morgan fingerprint density at radius 2 is 2.15 bits per heavy atom. The number of benzene rings is 1. The summed E-state index contributed by atoms with van der Waals surface area (Å²) in [6, 6.07) is 7.12. The summed E-state index contributed by atoms with van der Waals surface area (Å²) in [5, 5.41) is 12.4. The van der Waals surface area contributed by atoms with E-state index in [1.54, 1.807) is 46.4 Å². The van der Waals surface area contributed by atoms with Crippen LogP contribution in [0.2, 0.25) is 10.0 Å². The molecule has 7 nitrogen and oxygen atoms in total. The van der Waals surface area contributed by atoms with Crippen molar-refractivity contribution in [1.29, 1.82) is 0 Å². The van der Waals surface area contributed by atoms with E-state index in [1.165, 1.54) is 0 Å². The first-order valence-electron chi connectivity index (χ1n) is 8.15. The standard InChI is InChI=1S/C17H16Cl2N6O/c18-12-2-3-16(15(19)8-12)25-10-13(9-21-25)22-17(26)23-7-4-14(11-23)24-6-1-5-20-24/h1-3,5-6,8-10,14H,4,7,11H2,(H,22,26). The van der Waals surface area contributed by atoms with Crippen molar-refractivity contribution in [1.82, 2.24) is 24.5 Å². The van der Waals surface area contributed by atoms with Crippen LogP contribution >= 0.6 is 23.2 Å². The number of nitrogens with zero attached hydrogens (tertiary/aromatic N) is 5. The highest BCUT2D eigenvalue weighted by molar-refractivity contribution is 6.35. The average Bonchev–Trinajstić information content (AvgIpc) is 3.36. The summed E-state index contributed by atoms with van der Waals surface area (Å²) >= 11 is 12.1. The van der Waals surface area contributed by atoms with Gasteiger partial charge in [-0.15, -0.1) is 0 Å². The Morgan fingerprint density at radius 3 is 2.92 bits per heavy atom. The molecular weight excluding hydrogens is 375 g/mol. The maximum absolute atomic E-state index is 12.5. The predicted octanol–water partition coefficient (Wildman–Crippen LogP) is 3.85. The number of hydrogen-bond acceptors (Lipinski definition) is 3. The quantitative estimate of drug-likeness (QED) is 0.738. The molecule has 1 saturated heterocycles. The molecule has 1 unspecified atom stereocenters. The minimum Gasteiger partial charge on any atom is -0.322 e. The van der Waals surface area contributed by atoms with Crippen LogP contribution in [0.5, 0.6) is 0 Å². The van der Waals surface area contributed by atoms with Crippen molar-refractivity contribution in [3.05, 3.63) is 59.1 Å². The van der Waals surface area contributed by atoms with E-state index in [2.05, 4.69) is 15.5 Å². The molecule has 1 aliphatic rings. The van der Waals surface area contributed by atoms with Crippen molar-refractivity contribution in [3.8, 4) is 5.69 Å². The number of likely N-dealkylation sites (tertiary alicyclic amines) is 1. The molecule has 1 fully saturated rings. The Labute approximate surface area is 160 Å². The van der Waals surface area contributed by atoms with E-state index in [0.717, 1.165) is 6.42 Å². The number of carbonyl (C=O) groups excluding carboxylic acids is 1. The summed E-state index contributed by atoms with van der Waals surface area (Å²) in [4.78, 5) is 14.3. The Hall–Kier alpha value is -2.51. The molecule has 4 rings (SSSR count). The van der Waals surface area contributed by atoms with Gasteiger partial charge in [-0.25, -0.2) is 9.48 Å². The minimum atomic E-state index is -0.151. The number of nitrogens with one attached hydrogen (secondary N) is 1. The molecule has 9 heteroatoms. The van der Waals surface area contributed by atoms with Gasteiger partial charge in [0, 0.05) is 30.5 Å². The minimum absolute atomic E-state index is 0.151. The number of rotatable bonds is 3. The summed E-state index contributed by atoms with van der Waals surface area (Å²) in [5.41, 5.74) is 1.29. The van der Waals surface area contributed by atoms with Crippen molar-refractivity contribution < 1.29 is 4.79 Å². The zero-order valence-electron chi connectivity index (χ0n) is 13.7. The lowest BCUT2D eigenvalue weighted by Crippen LogP contribution is -2.33. The maximum Gasteiger partial charge on any atom is 0.322 e. The highest BCUT2D eigenvalue weighted by Crippen LogP contribution is 2.25. The van der Waals surface area contributed by atoms with Gasteiger partial charge in [0.2, 0.25) is 0 Å². The molecule has 3 heterocycles. The van der Waals surface area contributed by atoms with E-state index in [4.69, 9.17) is 23.2 Å². The van der Waals surface area contributed by atoms with Gasteiger partial charge >= 0.3 is 6.03 Å². The first-order valence-corrected chi connectivity index (χ1v) is 8.91. The molecule has 2 aromatic heterocycles. The maximum atomic E-state index is 12.5. The number of anilines is 1. The molecule has 0 spiro atoms. The molecule has 2 amide bonds. The molecule has 0 radical (unpaired) electrons. The van der Waals surface area contributed by atoms with E-state index in [0.29, 0.717) is 34.5 Å². The molecular formula is C17H16Cl2N6O. The van der Waals surface area contributed by atoms with Crippen LogP contribution in [0, 0.1) is 0 Å². The van der Waals surface area contributed by atoms with Gasteiger partial charge in [-0.2, -0.15) is 10.2 Å². The van der Waals surface area contributed by atoms with Crippen molar-refractivity contribution in [3.63, 3.8) is 0 Å². The number of halogens is 2. The van der Waals surface area contributed by atoms with Gasteiger partial charge in [-0.3, -0.25) is 4.68 Å². The summed E-state index contributed by atoms with van der Waals surface area (Å²) in [5.74, 6) is 0. The fourth-order valence-corrected chi connectivity index (χ4v) is 3.52. The van der Waals surface area contributed by atoms with Crippen LogP contribution in [0.3, 0.4) is 0 Å². The second kappa shape index (κ2) is 7.01. The molecule has 26 heavy (non-hydrogen) atoms. The Kier molecular flexibility index (Phi) is 4.57. The third-order valence-electron chi connectivity index (χ3n) is 4.34. The fraction of sp³-hybridized carbons (Fsp3) is 0.235. The Balaban J connectivity index is 1.42. The molecule has 1 aliphatic heterocycles. The van der Waals surface area contributed by atoms with Gasteiger partial charge in [0.15, 0.2) is 0 Å². The van der Waals surface area contributed by atoms with Crippen LogP contribution in [-0.2, 0) is 0 Å². The zero-order chi connectivity index (χ0) is 18.1. The van der Waals surface area contributed by atoms with E-state index in [1.807, 2.05) is 16.9 Å². The number of amides is 2. The lowest BCUT2D eigenvalue weighted by atomic mass is 10.3. The SMILES string of the molecule is O=C(Nc1cnn(-c2ccc(Cl)cc2Cl)c1)N1CCC(n2cccn2)C1. The summed E-state index contributed by atoms with van der Waals surface area (Å²) in [6.07, 6.45) is 7.86. The van der Waals surface area contributed by atoms with Crippen molar-refractivity contribution >= 4 is 34.9 Å². The van der Waals surface area contributed by atoms with Gasteiger partial charge in [-0.05, 0) is 30.7 Å². The number of aromatic nitrogens is 4. The first kappa shape index (κ1) is 16.9. The summed E-state index contributed by atoms with van der Waals surface area (Å²) in [6.45, 7) is 1.32. The first-order chi connectivity index (χ1) is 12.6. The van der Waals surface area contributed by atoms with Crippen molar-refractivity contribution in [2.24, 2.45) is 0 Å². The molecule has 1 N–H and O–H groups in total. The lowest BCUT2D eigenvalue weighted by molar-refractivity contribution is 0.220. The van der Waals surface area contributed by atoms with E-state index >= 15 is 0 Å². The summed E-state index contributed by atoms with van der Waals surface area (Å²) < 4.78 is 3.50. The normalized spacial score (nSPS) is 16.8. The Morgan fingerprint density at radius 1 is 1.27 bits per heavy atom. The predicted molar refractivity (Wildman–Crippen MR) is 100 cm³/mol. The molecule has 0 bridgehead atoms. The topological polar surface area (TPSA) is 68.0 Å². The van der Waals surface area contributed by atoms with Crippen molar-refractivity contribution in [2.45, 2.75) is 12.5 Å². The van der Waals surface area contributed by atoms with Crippen molar-refractivity contribution in [2.75, 3.05) is 18.4 Å². The number of carbonyl (C=O) groups is 1. The van der Waals surface area contributed by atoms with Gasteiger partial charge in [-0.1, -0.05) is 23.2 Å². The molecule has 1 aromatic carbocycles. The number of hydrogen-bond donors (Lipinski definition) is 1. The number of urea groups is 1. The fourth-order valence-electron chi connectivity index (χ4n) is 3.03. The highest BCUT2D eigenvalue weighted by Gasteiger charge is 2.27.